The number of carboxylic acid groups (broad SMARTS) is 1. The zero-order valence-corrected chi connectivity index (χ0v) is 17.8. The maximum absolute atomic E-state index is 12.1. The van der Waals surface area contributed by atoms with E-state index in [1.54, 1.807) is 0 Å². The number of aliphatic carboxylic acids is 1. The van der Waals surface area contributed by atoms with Crippen LogP contribution >= 0.6 is 0 Å². The van der Waals surface area contributed by atoms with Gasteiger partial charge in [0, 0.05) is 6.54 Å². The van der Waals surface area contributed by atoms with Crippen LogP contribution in [0.25, 0.3) is 0 Å². The predicted molar refractivity (Wildman–Crippen MR) is 111 cm³/mol. The SMILES string of the molecule is CCCCCCCCCCCCNC(=O)N[C@H](CC(N)=O)C(=O)N[C@@H](C)C(=O)O. The highest BCUT2D eigenvalue weighted by Crippen LogP contribution is 2.10. The van der Waals surface area contributed by atoms with Crippen LogP contribution in [-0.4, -0.2) is 47.5 Å². The molecule has 0 unspecified atom stereocenters. The zero-order chi connectivity index (χ0) is 22.1. The number of hydrogen-bond acceptors (Lipinski definition) is 4. The van der Waals surface area contributed by atoms with Crippen molar-refractivity contribution in [2.45, 2.75) is 96.6 Å². The lowest BCUT2D eigenvalue weighted by atomic mass is 10.1. The molecule has 29 heavy (non-hydrogen) atoms. The first-order chi connectivity index (χ1) is 13.8. The van der Waals surface area contributed by atoms with Crippen molar-refractivity contribution >= 4 is 23.8 Å². The number of rotatable bonds is 17. The van der Waals surface area contributed by atoms with Gasteiger partial charge in [-0.25, -0.2) is 4.79 Å². The lowest BCUT2D eigenvalue weighted by Crippen LogP contribution is -2.54. The number of nitrogens with two attached hydrogens (primary N) is 1. The van der Waals surface area contributed by atoms with Gasteiger partial charge in [-0.05, 0) is 13.3 Å². The second-order valence-electron chi connectivity index (χ2n) is 7.37. The van der Waals surface area contributed by atoms with Gasteiger partial charge in [0.25, 0.3) is 0 Å². The molecule has 2 atom stereocenters. The minimum atomic E-state index is -1.22. The normalized spacial score (nSPS) is 12.6. The van der Waals surface area contributed by atoms with Gasteiger partial charge in [0.2, 0.25) is 11.8 Å². The first-order valence-electron chi connectivity index (χ1n) is 10.6. The summed E-state index contributed by atoms with van der Waals surface area (Å²) in [5, 5.41) is 16.1. The van der Waals surface area contributed by atoms with Crippen LogP contribution in [0.5, 0.6) is 0 Å². The molecule has 0 aliphatic rings. The molecule has 0 aromatic heterocycles. The van der Waals surface area contributed by atoms with Crippen molar-refractivity contribution in [1.29, 1.82) is 0 Å². The monoisotopic (exact) mass is 414 g/mol. The summed E-state index contributed by atoms with van der Waals surface area (Å²) in [5.41, 5.74) is 5.10. The van der Waals surface area contributed by atoms with Crippen molar-refractivity contribution in [2.75, 3.05) is 6.54 Å². The number of unbranched alkanes of at least 4 members (excludes halogenated alkanes) is 9. The lowest BCUT2D eigenvalue weighted by Gasteiger charge is -2.19. The molecule has 0 radical (unpaired) electrons. The fourth-order valence-electron chi connectivity index (χ4n) is 2.81. The molecule has 6 N–H and O–H groups in total. The smallest absolute Gasteiger partial charge is 0.325 e. The average molecular weight is 415 g/mol. The topological polar surface area (TPSA) is 151 Å². The van der Waals surface area contributed by atoms with Crippen LogP contribution in [0.4, 0.5) is 4.79 Å². The first kappa shape index (κ1) is 26.7. The number of carbonyl (C=O) groups is 4. The molecule has 0 aromatic rings. The Morgan fingerprint density at radius 2 is 1.38 bits per heavy atom. The van der Waals surface area contributed by atoms with Gasteiger partial charge in [0.15, 0.2) is 0 Å². The second-order valence-corrected chi connectivity index (χ2v) is 7.37. The molecule has 0 aliphatic carbocycles. The number of amides is 4. The Kier molecular flexibility index (Phi) is 15.3. The van der Waals surface area contributed by atoms with Crippen molar-refractivity contribution in [3.63, 3.8) is 0 Å². The van der Waals surface area contributed by atoms with E-state index in [1.807, 2.05) is 0 Å². The van der Waals surface area contributed by atoms with E-state index >= 15 is 0 Å². The van der Waals surface area contributed by atoms with Gasteiger partial charge in [0.1, 0.15) is 12.1 Å². The molecule has 0 spiro atoms. The molecule has 0 saturated heterocycles. The molecule has 4 amide bonds. The third-order valence-electron chi connectivity index (χ3n) is 4.57. The van der Waals surface area contributed by atoms with Crippen LogP contribution in [0.1, 0.15) is 84.5 Å². The molecule has 0 saturated carbocycles. The Morgan fingerprint density at radius 3 is 1.86 bits per heavy atom. The molecule has 9 heteroatoms. The standard InChI is InChI=1S/C20H38N4O5/c1-3-4-5-6-7-8-9-10-11-12-13-22-20(29)24-16(14-17(21)25)18(26)23-15(2)19(27)28/h15-16H,3-14H2,1-2H3,(H2,21,25)(H,23,26)(H,27,28)(H2,22,24,29)/t15-,16+/m0/s1. The largest absolute Gasteiger partial charge is 0.480 e. The molecular weight excluding hydrogens is 376 g/mol. The maximum atomic E-state index is 12.1. The van der Waals surface area contributed by atoms with Gasteiger partial charge >= 0.3 is 12.0 Å². The van der Waals surface area contributed by atoms with E-state index in [2.05, 4.69) is 22.9 Å². The minimum Gasteiger partial charge on any atom is -0.480 e. The highest BCUT2D eigenvalue weighted by Gasteiger charge is 2.25. The van der Waals surface area contributed by atoms with Crippen LogP contribution < -0.4 is 21.7 Å². The molecular formula is C20H38N4O5. The summed E-state index contributed by atoms with van der Waals surface area (Å²) in [5.74, 6) is -2.77. The van der Waals surface area contributed by atoms with E-state index in [-0.39, 0.29) is 0 Å². The van der Waals surface area contributed by atoms with Crippen LogP contribution in [-0.2, 0) is 14.4 Å². The predicted octanol–water partition coefficient (Wildman–Crippen LogP) is 2.04. The maximum Gasteiger partial charge on any atom is 0.325 e. The highest BCUT2D eigenvalue weighted by atomic mass is 16.4. The van der Waals surface area contributed by atoms with Crippen LogP contribution in [0.15, 0.2) is 0 Å². The summed E-state index contributed by atoms with van der Waals surface area (Å²) < 4.78 is 0. The lowest BCUT2D eigenvalue weighted by molar-refractivity contribution is -0.141. The average Bonchev–Trinajstić information content (AvgIpc) is 2.65. The third kappa shape index (κ3) is 15.3. The summed E-state index contributed by atoms with van der Waals surface area (Å²) in [7, 11) is 0. The summed E-state index contributed by atoms with van der Waals surface area (Å²) >= 11 is 0. The summed E-state index contributed by atoms with van der Waals surface area (Å²) in [6, 6.07) is -2.96. The molecule has 0 rings (SSSR count). The van der Waals surface area contributed by atoms with Gasteiger partial charge in [-0.1, -0.05) is 64.7 Å². The molecule has 0 aliphatic heterocycles. The number of carboxylic acids is 1. The minimum absolute atomic E-state index is 0.413. The number of nitrogens with one attached hydrogen (secondary N) is 3. The summed E-state index contributed by atoms with van der Waals surface area (Å²) in [4.78, 5) is 46.0. The zero-order valence-electron chi connectivity index (χ0n) is 17.8. The van der Waals surface area contributed by atoms with Gasteiger partial charge in [0.05, 0.1) is 6.42 Å². The van der Waals surface area contributed by atoms with Gasteiger partial charge in [-0.3, -0.25) is 14.4 Å². The van der Waals surface area contributed by atoms with Crippen molar-refractivity contribution in [3.05, 3.63) is 0 Å². The van der Waals surface area contributed by atoms with Crippen molar-refractivity contribution in [3.8, 4) is 0 Å². The fourth-order valence-corrected chi connectivity index (χ4v) is 2.81. The molecule has 9 nitrogen and oxygen atoms in total. The van der Waals surface area contributed by atoms with Crippen molar-refractivity contribution < 1.29 is 24.3 Å². The van der Waals surface area contributed by atoms with Gasteiger partial charge in [-0.15, -0.1) is 0 Å². The molecule has 0 bridgehead atoms. The highest BCUT2D eigenvalue weighted by molar-refractivity contribution is 5.93. The molecule has 168 valence electrons. The van der Waals surface area contributed by atoms with Crippen molar-refractivity contribution in [1.82, 2.24) is 16.0 Å². The van der Waals surface area contributed by atoms with Crippen LogP contribution in [0.3, 0.4) is 0 Å². The van der Waals surface area contributed by atoms with E-state index < -0.39 is 42.3 Å². The van der Waals surface area contributed by atoms with Crippen molar-refractivity contribution in [2.24, 2.45) is 5.73 Å². The number of primary amides is 1. The van der Waals surface area contributed by atoms with Crippen LogP contribution in [0.2, 0.25) is 0 Å². The van der Waals surface area contributed by atoms with Crippen LogP contribution in [0, 0.1) is 0 Å². The third-order valence-corrected chi connectivity index (χ3v) is 4.57. The molecule has 0 fully saturated rings. The quantitative estimate of drug-likeness (QED) is 0.231. The number of carbonyl (C=O) groups excluding carboxylic acids is 3. The summed E-state index contributed by atoms with van der Waals surface area (Å²) in [6.07, 6.45) is 11.5. The van der Waals surface area contributed by atoms with Gasteiger partial charge in [-0.2, -0.15) is 0 Å². The van der Waals surface area contributed by atoms with Gasteiger partial charge < -0.3 is 26.8 Å². The Bertz CT molecular complexity index is 513. The Morgan fingerprint density at radius 1 is 0.862 bits per heavy atom. The molecule has 0 heterocycles. The Hall–Kier alpha value is -2.32. The fraction of sp³-hybridized carbons (Fsp3) is 0.800. The van der Waals surface area contributed by atoms with E-state index in [4.69, 9.17) is 10.8 Å². The Balaban J connectivity index is 4.00. The van der Waals surface area contributed by atoms with E-state index in [9.17, 15) is 19.2 Å². The molecule has 0 aromatic carbocycles. The number of urea groups is 1. The van der Waals surface area contributed by atoms with E-state index in [1.165, 1.54) is 51.9 Å². The summed E-state index contributed by atoms with van der Waals surface area (Å²) in [6.45, 7) is 3.95. The van der Waals surface area contributed by atoms with E-state index in [0.717, 1.165) is 19.3 Å². The van der Waals surface area contributed by atoms with E-state index in [0.29, 0.717) is 6.54 Å². The second kappa shape index (κ2) is 16.6. The first-order valence-corrected chi connectivity index (χ1v) is 10.6. The number of hydrogen-bond donors (Lipinski definition) is 5. The Labute approximate surface area is 173 Å².